The second-order valence-corrected chi connectivity index (χ2v) is 3.26. The van der Waals surface area contributed by atoms with Gasteiger partial charge < -0.3 is 10.1 Å². The van der Waals surface area contributed by atoms with E-state index in [4.69, 9.17) is 4.74 Å². The van der Waals surface area contributed by atoms with E-state index in [-0.39, 0.29) is 11.9 Å². The molecule has 1 aliphatic rings. The molecular weight excluding hydrogens is 170 g/mol. The van der Waals surface area contributed by atoms with Crippen molar-refractivity contribution in [3.05, 3.63) is 0 Å². The number of carbonyl (C=O) groups is 2. The van der Waals surface area contributed by atoms with E-state index in [9.17, 15) is 9.59 Å². The van der Waals surface area contributed by atoms with Crippen molar-refractivity contribution in [2.24, 2.45) is 5.92 Å². The normalized spacial score (nSPS) is 30.8. The Hall–Kier alpha value is -1.06. The number of hydrogen-bond acceptors (Lipinski definition) is 3. The topological polar surface area (TPSA) is 55.4 Å². The molecule has 4 nitrogen and oxygen atoms in total. The van der Waals surface area contributed by atoms with Gasteiger partial charge in [-0.2, -0.15) is 0 Å². The highest BCUT2D eigenvalue weighted by Gasteiger charge is 2.60. The highest BCUT2D eigenvalue weighted by Crippen LogP contribution is 2.46. The fourth-order valence-corrected chi connectivity index (χ4v) is 1.67. The first-order valence-electron chi connectivity index (χ1n) is 4.59. The van der Waals surface area contributed by atoms with Crippen LogP contribution in [-0.4, -0.2) is 24.5 Å². The molecule has 1 N–H and O–H groups in total. The van der Waals surface area contributed by atoms with Gasteiger partial charge in [-0.15, -0.1) is 0 Å². The fraction of sp³-hybridized carbons (Fsp3) is 0.778. The Morgan fingerprint density at radius 2 is 2.38 bits per heavy atom. The van der Waals surface area contributed by atoms with Crippen molar-refractivity contribution in [3.63, 3.8) is 0 Å². The molecule has 0 saturated heterocycles. The van der Waals surface area contributed by atoms with Gasteiger partial charge in [-0.05, 0) is 19.3 Å². The Bertz CT molecular complexity index is 217. The molecule has 1 fully saturated rings. The van der Waals surface area contributed by atoms with Crippen molar-refractivity contribution in [1.29, 1.82) is 0 Å². The molecule has 0 bridgehead atoms. The Labute approximate surface area is 77.6 Å². The summed E-state index contributed by atoms with van der Waals surface area (Å²) in [7, 11) is 0. The number of nitrogens with one attached hydrogen (secondary N) is 1. The minimum absolute atomic E-state index is 0.247. The summed E-state index contributed by atoms with van der Waals surface area (Å²) in [6.07, 6.45) is 2.17. The van der Waals surface area contributed by atoms with Crippen LogP contribution in [-0.2, 0) is 14.3 Å². The van der Waals surface area contributed by atoms with Gasteiger partial charge in [0.1, 0.15) is 5.54 Å². The Kier molecular flexibility index (Phi) is 2.90. The van der Waals surface area contributed by atoms with Gasteiger partial charge in [-0.3, -0.25) is 4.79 Å². The maximum absolute atomic E-state index is 11.4. The first kappa shape index (κ1) is 10.0. The molecular formula is C9H15NO3. The molecule has 1 aliphatic carbocycles. The maximum atomic E-state index is 11.4. The van der Waals surface area contributed by atoms with E-state index < -0.39 is 5.54 Å². The number of ether oxygens (including phenoxy) is 1. The average molecular weight is 185 g/mol. The summed E-state index contributed by atoms with van der Waals surface area (Å²) < 4.78 is 4.89. The van der Waals surface area contributed by atoms with Crippen LogP contribution in [0.25, 0.3) is 0 Å². The minimum atomic E-state index is -0.702. The van der Waals surface area contributed by atoms with Gasteiger partial charge in [0, 0.05) is 0 Å². The Morgan fingerprint density at radius 1 is 1.69 bits per heavy atom. The lowest BCUT2D eigenvalue weighted by atomic mass is 10.2. The summed E-state index contributed by atoms with van der Waals surface area (Å²) in [4.78, 5) is 21.8. The predicted octanol–water partition coefficient (Wildman–Crippen LogP) is 0.464. The number of carbonyl (C=O) groups excluding carboxylic acids is 2. The van der Waals surface area contributed by atoms with Crippen LogP contribution in [0.2, 0.25) is 0 Å². The van der Waals surface area contributed by atoms with E-state index in [0.29, 0.717) is 19.4 Å². The maximum Gasteiger partial charge on any atom is 0.332 e. The van der Waals surface area contributed by atoms with Crippen LogP contribution < -0.4 is 5.32 Å². The summed E-state index contributed by atoms with van der Waals surface area (Å²) in [6, 6.07) is 0. The van der Waals surface area contributed by atoms with Crippen molar-refractivity contribution in [3.8, 4) is 0 Å². The number of rotatable bonds is 5. The van der Waals surface area contributed by atoms with Gasteiger partial charge in [0.05, 0.1) is 6.61 Å². The molecule has 0 heterocycles. The lowest BCUT2D eigenvalue weighted by molar-refractivity contribution is -0.148. The second kappa shape index (κ2) is 3.77. The van der Waals surface area contributed by atoms with E-state index >= 15 is 0 Å². The van der Waals surface area contributed by atoms with Gasteiger partial charge >= 0.3 is 5.97 Å². The van der Waals surface area contributed by atoms with Crippen LogP contribution in [0.3, 0.4) is 0 Å². The third-order valence-corrected chi connectivity index (χ3v) is 2.55. The van der Waals surface area contributed by atoms with Crippen molar-refractivity contribution in [1.82, 2.24) is 5.32 Å². The lowest BCUT2D eigenvalue weighted by Crippen LogP contribution is -2.41. The quantitative estimate of drug-likeness (QED) is 0.500. The first-order valence-corrected chi connectivity index (χ1v) is 4.59. The fourth-order valence-electron chi connectivity index (χ4n) is 1.67. The van der Waals surface area contributed by atoms with E-state index in [1.165, 1.54) is 0 Å². The van der Waals surface area contributed by atoms with Crippen LogP contribution in [0.15, 0.2) is 0 Å². The standard InChI is InChI=1S/C9H15NO3/c1-3-7-5-9(7,10-6-11)8(12)13-4-2/h6-7H,3-5H2,1-2H3,(H,10,11). The molecule has 1 saturated carbocycles. The third kappa shape index (κ3) is 1.66. The van der Waals surface area contributed by atoms with E-state index in [1.807, 2.05) is 6.92 Å². The van der Waals surface area contributed by atoms with E-state index in [2.05, 4.69) is 5.32 Å². The molecule has 1 rings (SSSR count). The van der Waals surface area contributed by atoms with Crippen LogP contribution >= 0.6 is 0 Å². The molecule has 0 radical (unpaired) electrons. The van der Waals surface area contributed by atoms with E-state index in [1.54, 1.807) is 6.92 Å². The van der Waals surface area contributed by atoms with Gasteiger partial charge in [0.2, 0.25) is 6.41 Å². The van der Waals surface area contributed by atoms with Crippen molar-refractivity contribution in [2.75, 3.05) is 6.61 Å². The van der Waals surface area contributed by atoms with Gasteiger partial charge in [-0.25, -0.2) is 4.79 Å². The van der Waals surface area contributed by atoms with Crippen molar-refractivity contribution >= 4 is 12.4 Å². The van der Waals surface area contributed by atoms with Crippen LogP contribution in [0, 0.1) is 5.92 Å². The van der Waals surface area contributed by atoms with Crippen molar-refractivity contribution in [2.45, 2.75) is 32.2 Å². The second-order valence-electron chi connectivity index (χ2n) is 3.26. The highest BCUT2D eigenvalue weighted by molar-refractivity contribution is 5.87. The summed E-state index contributed by atoms with van der Waals surface area (Å²) in [5, 5.41) is 2.56. The minimum Gasteiger partial charge on any atom is -0.464 e. The van der Waals surface area contributed by atoms with Gasteiger partial charge in [-0.1, -0.05) is 13.3 Å². The van der Waals surface area contributed by atoms with Gasteiger partial charge in [0.15, 0.2) is 0 Å². The largest absolute Gasteiger partial charge is 0.464 e. The molecule has 2 unspecified atom stereocenters. The summed E-state index contributed by atoms with van der Waals surface area (Å²) >= 11 is 0. The SMILES string of the molecule is CCOC(=O)C1(NC=O)CC1CC. The number of hydrogen-bond donors (Lipinski definition) is 1. The summed E-state index contributed by atoms with van der Waals surface area (Å²) in [5.41, 5.74) is -0.702. The molecule has 0 spiro atoms. The molecule has 0 aromatic carbocycles. The predicted molar refractivity (Wildman–Crippen MR) is 47.0 cm³/mol. The molecule has 0 aromatic rings. The zero-order valence-corrected chi connectivity index (χ0v) is 8.00. The first-order chi connectivity index (χ1) is 6.21. The zero-order valence-electron chi connectivity index (χ0n) is 8.00. The molecule has 0 aromatic heterocycles. The Morgan fingerprint density at radius 3 is 2.77 bits per heavy atom. The van der Waals surface area contributed by atoms with Crippen molar-refractivity contribution < 1.29 is 14.3 Å². The summed E-state index contributed by atoms with van der Waals surface area (Å²) in [6.45, 7) is 4.12. The lowest BCUT2D eigenvalue weighted by Gasteiger charge is -2.13. The number of amides is 1. The van der Waals surface area contributed by atoms with Crippen LogP contribution in [0.1, 0.15) is 26.7 Å². The Balaban J connectivity index is 2.59. The molecule has 0 aliphatic heterocycles. The highest BCUT2D eigenvalue weighted by atomic mass is 16.5. The monoisotopic (exact) mass is 185 g/mol. The smallest absolute Gasteiger partial charge is 0.332 e. The molecule has 4 heteroatoms. The average Bonchev–Trinajstić information content (AvgIpc) is 2.81. The zero-order chi connectivity index (χ0) is 9.90. The van der Waals surface area contributed by atoms with Gasteiger partial charge in [0.25, 0.3) is 0 Å². The molecule has 13 heavy (non-hydrogen) atoms. The van der Waals surface area contributed by atoms with E-state index in [0.717, 1.165) is 6.42 Å². The molecule has 2 atom stereocenters. The molecule has 1 amide bonds. The van der Waals surface area contributed by atoms with Crippen LogP contribution in [0.4, 0.5) is 0 Å². The third-order valence-electron chi connectivity index (χ3n) is 2.55. The molecule has 74 valence electrons. The summed E-state index contributed by atoms with van der Waals surface area (Å²) in [5.74, 6) is -0.0503. The number of esters is 1. The van der Waals surface area contributed by atoms with Crippen LogP contribution in [0.5, 0.6) is 0 Å².